The maximum Gasteiger partial charge on any atom is 0.129 e. The molecule has 88 valence electrons. The van der Waals surface area contributed by atoms with Crippen LogP contribution in [0.25, 0.3) is 0 Å². The number of halogens is 1. The Kier molecular flexibility index (Phi) is 3.41. The van der Waals surface area contributed by atoms with Gasteiger partial charge in [-0.15, -0.1) is 0 Å². The van der Waals surface area contributed by atoms with Gasteiger partial charge in [-0.1, -0.05) is 0 Å². The van der Waals surface area contributed by atoms with E-state index < -0.39 is 0 Å². The van der Waals surface area contributed by atoms with Crippen LogP contribution in [0.5, 0.6) is 5.75 Å². The van der Waals surface area contributed by atoms with E-state index in [1.165, 1.54) is 6.07 Å². The smallest absolute Gasteiger partial charge is 0.129 e. The molecule has 1 aromatic carbocycles. The molecule has 0 radical (unpaired) electrons. The molecule has 0 amide bonds. The third kappa shape index (κ3) is 1.90. The summed E-state index contributed by atoms with van der Waals surface area (Å²) in [5, 5.41) is 0. The molecular formula is C12H16FNO2. The Morgan fingerprint density at radius 1 is 1.56 bits per heavy atom. The summed E-state index contributed by atoms with van der Waals surface area (Å²) in [6.45, 7) is 3.35. The molecule has 0 bridgehead atoms. The number of nitrogens with two attached hydrogens (primary N) is 1. The number of benzene rings is 1. The van der Waals surface area contributed by atoms with Gasteiger partial charge in [-0.2, -0.15) is 0 Å². The first-order valence-corrected chi connectivity index (χ1v) is 5.53. The SMILES string of the molecule is CCOc1ccc(F)c2c1CCO[C@H]2CN. The predicted octanol–water partition coefficient (Wildman–Crippen LogP) is 1.80. The van der Waals surface area contributed by atoms with Crippen LogP contribution in [0.15, 0.2) is 12.1 Å². The zero-order chi connectivity index (χ0) is 11.5. The fourth-order valence-electron chi connectivity index (χ4n) is 2.09. The topological polar surface area (TPSA) is 44.5 Å². The summed E-state index contributed by atoms with van der Waals surface area (Å²) >= 11 is 0. The van der Waals surface area contributed by atoms with Crippen LogP contribution in [0, 0.1) is 5.82 Å². The van der Waals surface area contributed by atoms with Crippen LogP contribution in [0.2, 0.25) is 0 Å². The highest BCUT2D eigenvalue weighted by atomic mass is 19.1. The number of ether oxygens (including phenoxy) is 2. The number of fused-ring (bicyclic) bond motifs is 1. The zero-order valence-electron chi connectivity index (χ0n) is 9.33. The molecule has 0 saturated carbocycles. The highest BCUT2D eigenvalue weighted by Crippen LogP contribution is 2.34. The van der Waals surface area contributed by atoms with Crippen LogP contribution in [0.3, 0.4) is 0 Å². The molecule has 0 unspecified atom stereocenters. The second-order valence-electron chi connectivity index (χ2n) is 3.72. The fraction of sp³-hybridized carbons (Fsp3) is 0.500. The molecule has 0 spiro atoms. The molecule has 0 aromatic heterocycles. The van der Waals surface area contributed by atoms with Crippen LogP contribution in [0.1, 0.15) is 24.2 Å². The van der Waals surface area contributed by atoms with Gasteiger partial charge in [0.25, 0.3) is 0 Å². The van der Waals surface area contributed by atoms with E-state index in [9.17, 15) is 4.39 Å². The van der Waals surface area contributed by atoms with Crippen molar-refractivity contribution in [3.63, 3.8) is 0 Å². The van der Waals surface area contributed by atoms with Crippen molar-refractivity contribution in [3.05, 3.63) is 29.1 Å². The van der Waals surface area contributed by atoms with Crippen molar-refractivity contribution < 1.29 is 13.9 Å². The summed E-state index contributed by atoms with van der Waals surface area (Å²) in [6.07, 6.45) is 0.336. The monoisotopic (exact) mass is 225 g/mol. The largest absolute Gasteiger partial charge is 0.494 e. The lowest BCUT2D eigenvalue weighted by molar-refractivity contribution is 0.0446. The maximum absolute atomic E-state index is 13.7. The third-order valence-electron chi connectivity index (χ3n) is 2.77. The minimum atomic E-state index is -0.343. The molecule has 1 aliphatic heterocycles. The van der Waals surface area contributed by atoms with Gasteiger partial charge in [0, 0.05) is 17.7 Å². The van der Waals surface area contributed by atoms with E-state index in [0.717, 1.165) is 11.3 Å². The Morgan fingerprint density at radius 2 is 2.38 bits per heavy atom. The summed E-state index contributed by atoms with van der Waals surface area (Å²) in [7, 11) is 0. The molecule has 0 fully saturated rings. The van der Waals surface area contributed by atoms with Gasteiger partial charge in [-0.05, 0) is 25.5 Å². The second kappa shape index (κ2) is 4.80. The summed E-state index contributed by atoms with van der Waals surface area (Å²) < 4.78 is 24.7. The van der Waals surface area contributed by atoms with Crippen molar-refractivity contribution in [1.82, 2.24) is 0 Å². The maximum atomic E-state index is 13.7. The van der Waals surface area contributed by atoms with Crippen LogP contribution >= 0.6 is 0 Å². The average Bonchev–Trinajstić information content (AvgIpc) is 2.32. The molecular weight excluding hydrogens is 209 g/mol. The van der Waals surface area contributed by atoms with Gasteiger partial charge < -0.3 is 15.2 Å². The fourth-order valence-corrected chi connectivity index (χ4v) is 2.09. The van der Waals surface area contributed by atoms with Crippen molar-refractivity contribution in [3.8, 4) is 5.75 Å². The lowest BCUT2D eigenvalue weighted by Gasteiger charge is -2.27. The summed E-state index contributed by atoms with van der Waals surface area (Å²) in [4.78, 5) is 0. The third-order valence-corrected chi connectivity index (χ3v) is 2.77. The van der Waals surface area contributed by atoms with Gasteiger partial charge in [0.05, 0.1) is 19.3 Å². The van der Waals surface area contributed by atoms with Crippen LogP contribution in [0.4, 0.5) is 4.39 Å². The highest BCUT2D eigenvalue weighted by molar-refractivity contribution is 5.43. The molecule has 1 aliphatic rings. The number of hydrogen-bond donors (Lipinski definition) is 1. The standard InChI is InChI=1S/C12H16FNO2/c1-2-15-10-4-3-9(13)12-8(10)5-6-16-11(12)7-14/h3-4,11H,2,5-7,14H2,1H3/t11-/m0/s1. The summed E-state index contributed by atoms with van der Waals surface area (Å²) in [5.41, 5.74) is 7.05. The minimum absolute atomic E-state index is 0.256. The van der Waals surface area contributed by atoms with Gasteiger partial charge in [0.2, 0.25) is 0 Å². The van der Waals surface area contributed by atoms with Crippen LogP contribution in [-0.2, 0) is 11.2 Å². The molecule has 0 saturated heterocycles. The van der Waals surface area contributed by atoms with Crippen molar-refractivity contribution in [1.29, 1.82) is 0 Å². The molecule has 4 heteroatoms. The predicted molar refractivity (Wildman–Crippen MR) is 59.0 cm³/mol. The molecule has 2 N–H and O–H groups in total. The first kappa shape index (κ1) is 11.4. The van der Waals surface area contributed by atoms with Gasteiger partial charge in [0.1, 0.15) is 11.6 Å². The van der Waals surface area contributed by atoms with E-state index in [1.807, 2.05) is 6.92 Å². The van der Waals surface area contributed by atoms with E-state index in [-0.39, 0.29) is 11.9 Å². The van der Waals surface area contributed by atoms with Crippen molar-refractivity contribution in [2.45, 2.75) is 19.4 Å². The minimum Gasteiger partial charge on any atom is -0.494 e. The number of rotatable bonds is 3. The molecule has 1 atom stereocenters. The normalized spacial score (nSPS) is 19.3. The quantitative estimate of drug-likeness (QED) is 0.853. The summed E-state index contributed by atoms with van der Waals surface area (Å²) in [5.74, 6) is 0.495. The van der Waals surface area contributed by atoms with Crippen molar-refractivity contribution in [2.24, 2.45) is 5.73 Å². The van der Waals surface area contributed by atoms with Crippen molar-refractivity contribution >= 4 is 0 Å². The van der Waals surface area contributed by atoms with E-state index in [2.05, 4.69) is 0 Å². The van der Waals surface area contributed by atoms with E-state index >= 15 is 0 Å². The Labute approximate surface area is 94.3 Å². The molecule has 1 aromatic rings. The molecule has 1 heterocycles. The Balaban J connectivity index is 2.47. The molecule has 0 aliphatic carbocycles. The van der Waals surface area contributed by atoms with E-state index in [4.69, 9.17) is 15.2 Å². The van der Waals surface area contributed by atoms with Gasteiger partial charge in [-0.3, -0.25) is 0 Å². The molecule has 2 rings (SSSR count). The van der Waals surface area contributed by atoms with Gasteiger partial charge >= 0.3 is 0 Å². The second-order valence-corrected chi connectivity index (χ2v) is 3.72. The number of hydrogen-bond acceptors (Lipinski definition) is 3. The Morgan fingerprint density at radius 3 is 3.06 bits per heavy atom. The first-order valence-electron chi connectivity index (χ1n) is 5.53. The first-order chi connectivity index (χ1) is 7.77. The van der Waals surface area contributed by atoms with Crippen molar-refractivity contribution in [2.75, 3.05) is 19.8 Å². The average molecular weight is 225 g/mol. The van der Waals surface area contributed by atoms with E-state index in [0.29, 0.717) is 31.7 Å². The summed E-state index contributed by atoms with van der Waals surface area (Å²) in [6, 6.07) is 3.09. The molecule has 3 nitrogen and oxygen atoms in total. The van der Waals surface area contributed by atoms with Gasteiger partial charge in [-0.25, -0.2) is 4.39 Å². The Bertz CT molecular complexity index is 382. The lowest BCUT2D eigenvalue weighted by Crippen LogP contribution is -2.24. The van der Waals surface area contributed by atoms with E-state index in [1.54, 1.807) is 6.07 Å². The van der Waals surface area contributed by atoms with Gasteiger partial charge in [0.15, 0.2) is 0 Å². The van der Waals surface area contributed by atoms with Crippen LogP contribution < -0.4 is 10.5 Å². The highest BCUT2D eigenvalue weighted by Gasteiger charge is 2.26. The zero-order valence-corrected chi connectivity index (χ0v) is 9.33. The lowest BCUT2D eigenvalue weighted by atomic mass is 9.96. The molecule has 16 heavy (non-hydrogen) atoms. The Hall–Kier alpha value is -1.13. The van der Waals surface area contributed by atoms with Crippen LogP contribution in [-0.4, -0.2) is 19.8 Å².